The lowest BCUT2D eigenvalue weighted by molar-refractivity contribution is 0.0959. The van der Waals surface area contributed by atoms with E-state index in [1.807, 2.05) is 0 Å². The minimum Gasteiger partial charge on any atom is -0.355 e. The molecule has 128 valence electrons. The van der Waals surface area contributed by atoms with Crippen molar-refractivity contribution < 1.29 is 14.0 Å². The molecule has 1 aromatic rings. The summed E-state index contributed by atoms with van der Waals surface area (Å²) < 4.78 is 13.7. The van der Waals surface area contributed by atoms with Gasteiger partial charge in [-0.1, -0.05) is 12.2 Å². The second-order valence-corrected chi connectivity index (χ2v) is 6.02. The van der Waals surface area contributed by atoms with Crippen molar-refractivity contribution in [3.05, 3.63) is 41.7 Å². The number of urea groups is 1. The molecule has 6 nitrogen and oxygen atoms in total. The molecule has 2 aliphatic rings. The monoisotopic (exact) mass is 332 g/mol. The summed E-state index contributed by atoms with van der Waals surface area (Å²) in [6.45, 7) is 3.24. The smallest absolute Gasteiger partial charge is 0.321 e. The number of halogens is 1. The van der Waals surface area contributed by atoms with E-state index in [9.17, 15) is 14.0 Å². The summed E-state index contributed by atoms with van der Waals surface area (Å²) in [4.78, 5) is 28.1. The highest BCUT2D eigenvalue weighted by Gasteiger charge is 2.30. The number of carbonyl (C=O) groups excluding carboxylic acids is 2. The quantitative estimate of drug-likeness (QED) is 0.828. The van der Waals surface area contributed by atoms with Crippen molar-refractivity contribution in [2.24, 2.45) is 0 Å². The molecule has 2 N–H and O–H groups in total. The van der Waals surface area contributed by atoms with Gasteiger partial charge in [0.1, 0.15) is 5.82 Å². The fourth-order valence-electron chi connectivity index (χ4n) is 3.13. The number of benzene rings is 1. The third-order valence-electron chi connectivity index (χ3n) is 4.50. The van der Waals surface area contributed by atoms with Crippen LogP contribution in [0.15, 0.2) is 30.4 Å². The van der Waals surface area contributed by atoms with Crippen LogP contribution in [0.5, 0.6) is 0 Å². The van der Waals surface area contributed by atoms with Crippen molar-refractivity contribution in [3.63, 3.8) is 0 Å². The van der Waals surface area contributed by atoms with E-state index in [0.29, 0.717) is 24.8 Å². The Hall–Kier alpha value is -2.41. The lowest BCUT2D eigenvalue weighted by atomic mass is 10.1. The van der Waals surface area contributed by atoms with Gasteiger partial charge in [-0.25, -0.2) is 9.18 Å². The number of hydrogen-bond acceptors (Lipinski definition) is 3. The van der Waals surface area contributed by atoms with E-state index in [4.69, 9.17) is 0 Å². The summed E-state index contributed by atoms with van der Waals surface area (Å²) in [7, 11) is 1.44. The Morgan fingerprint density at radius 2 is 2.00 bits per heavy atom. The summed E-state index contributed by atoms with van der Waals surface area (Å²) in [5.74, 6) is -1.14. The topological polar surface area (TPSA) is 64.7 Å². The molecule has 24 heavy (non-hydrogen) atoms. The van der Waals surface area contributed by atoms with Crippen LogP contribution in [0.3, 0.4) is 0 Å². The van der Waals surface area contributed by atoms with Gasteiger partial charge >= 0.3 is 6.03 Å². The highest BCUT2D eigenvalue weighted by atomic mass is 19.1. The Balaban J connectivity index is 1.62. The Morgan fingerprint density at radius 3 is 2.71 bits per heavy atom. The number of anilines is 1. The first-order valence-corrected chi connectivity index (χ1v) is 8.05. The molecule has 3 rings (SSSR count). The summed E-state index contributed by atoms with van der Waals surface area (Å²) in [6.07, 6.45) is 5.23. The van der Waals surface area contributed by atoms with Crippen molar-refractivity contribution in [2.75, 3.05) is 38.5 Å². The minimum absolute atomic E-state index is 0.0854. The van der Waals surface area contributed by atoms with Gasteiger partial charge in [0, 0.05) is 45.0 Å². The Morgan fingerprint density at radius 1 is 1.25 bits per heavy atom. The maximum Gasteiger partial charge on any atom is 0.321 e. The van der Waals surface area contributed by atoms with Crippen LogP contribution in [-0.4, -0.2) is 61.0 Å². The van der Waals surface area contributed by atoms with Gasteiger partial charge in [-0.15, -0.1) is 0 Å². The molecule has 0 unspecified atom stereocenters. The average molecular weight is 332 g/mol. The van der Waals surface area contributed by atoms with Crippen molar-refractivity contribution in [3.8, 4) is 0 Å². The normalized spacial score (nSPS) is 20.4. The molecule has 0 radical (unpaired) electrons. The molecule has 1 fully saturated rings. The van der Waals surface area contributed by atoms with E-state index >= 15 is 0 Å². The molecule has 1 aromatic carbocycles. The number of amides is 3. The standard InChI is InChI=1S/C17H21FN4O2/c1-19-16(23)14-10-12(4-5-15(14)18)20-17(24)22-9-6-13(11-22)21-7-2-3-8-21/h2-5,10,13H,6-9,11H2,1H3,(H,19,23)(H,20,24)/t13-/m0/s1. The molecule has 3 amide bonds. The molecule has 2 heterocycles. The molecule has 1 atom stereocenters. The molecule has 0 aromatic heterocycles. The van der Waals surface area contributed by atoms with Crippen LogP contribution in [0.2, 0.25) is 0 Å². The largest absolute Gasteiger partial charge is 0.355 e. The molecule has 0 aliphatic carbocycles. The van der Waals surface area contributed by atoms with E-state index in [2.05, 4.69) is 27.7 Å². The van der Waals surface area contributed by atoms with E-state index in [0.717, 1.165) is 19.5 Å². The van der Waals surface area contributed by atoms with Gasteiger partial charge in [-0.2, -0.15) is 0 Å². The highest BCUT2D eigenvalue weighted by Crippen LogP contribution is 2.20. The first kappa shape index (κ1) is 16.4. The number of rotatable bonds is 3. The van der Waals surface area contributed by atoms with Crippen molar-refractivity contribution in [1.29, 1.82) is 0 Å². The number of nitrogens with one attached hydrogen (secondary N) is 2. The zero-order valence-corrected chi connectivity index (χ0v) is 13.6. The van der Waals surface area contributed by atoms with Crippen LogP contribution >= 0.6 is 0 Å². The minimum atomic E-state index is -0.616. The van der Waals surface area contributed by atoms with E-state index in [1.54, 1.807) is 4.90 Å². The van der Waals surface area contributed by atoms with Gasteiger partial charge in [-0.05, 0) is 24.6 Å². The molecule has 0 saturated carbocycles. The molecule has 2 aliphatic heterocycles. The zero-order chi connectivity index (χ0) is 17.1. The SMILES string of the molecule is CNC(=O)c1cc(NC(=O)N2CC[C@H](N3CC=CC3)C2)ccc1F. The summed E-state index contributed by atoms with van der Waals surface area (Å²) >= 11 is 0. The molecular formula is C17H21FN4O2. The summed E-state index contributed by atoms with van der Waals surface area (Å²) in [5.41, 5.74) is 0.323. The van der Waals surface area contributed by atoms with Crippen molar-refractivity contribution in [1.82, 2.24) is 15.1 Å². The van der Waals surface area contributed by atoms with Crippen LogP contribution < -0.4 is 10.6 Å². The second-order valence-electron chi connectivity index (χ2n) is 6.02. The third kappa shape index (κ3) is 3.41. The first-order valence-electron chi connectivity index (χ1n) is 8.05. The summed E-state index contributed by atoms with van der Waals surface area (Å²) in [5, 5.41) is 5.13. The van der Waals surface area contributed by atoms with Crippen LogP contribution in [0, 0.1) is 5.82 Å². The zero-order valence-electron chi connectivity index (χ0n) is 13.6. The van der Waals surface area contributed by atoms with E-state index in [1.165, 1.54) is 25.2 Å². The number of carbonyl (C=O) groups is 2. The highest BCUT2D eigenvalue weighted by molar-refractivity contribution is 5.97. The van der Waals surface area contributed by atoms with E-state index in [-0.39, 0.29) is 11.6 Å². The number of nitrogens with zero attached hydrogens (tertiary/aromatic N) is 2. The fraction of sp³-hybridized carbons (Fsp3) is 0.412. The van der Waals surface area contributed by atoms with Gasteiger partial charge in [0.2, 0.25) is 0 Å². The van der Waals surface area contributed by atoms with Crippen LogP contribution in [0.1, 0.15) is 16.8 Å². The predicted molar refractivity (Wildman–Crippen MR) is 89.5 cm³/mol. The van der Waals surface area contributed by atoms with Gasteiger partial charge < -0.3 is 15.5 Å². The average Bonchev–Trinajstić information content (AvgIpc) is 3.26. The molecular weight excluding hydrogens is 311 g/mol. The fourth-order valence-corrected chi connectivity index (χ4v) is 3.13. The van der Waals surface area contributed by atoms with Gasteiger partial charge in [0.05, 0.1) is 5.56 Å². The Labute approximate surface area is 140 Å². The Bertz CT molecular complexity index is 669. The maximum absolute atomic E-state index is 13.7. The molecule has 0 bridgehead atoms. The molecule has 1 saturated heterocycles. The molecule has 7 heteroatoms. The van der Waals surface area contributed by atoms with Crippen LogP contribution in [-0.2, 0) is 0 Å². The lowest BCUT2D eigenvalue weighted by Crippen LogP contribution is -2.38. The maximum atomic E-state index is 13.7. The van der Waals surface area contributed by atoms with Crippen molar-refractivity contribution >= 4 is 17.6 Å². The van der Waals surface area contributed by atoms with Crippen molar-refractivity contribution in [2.45, 2.75) is 12.5 Å². The molecule has 0 spiro atoms. The second kappa shape index (κ2) is 7.00. The summed E-state index contributed by atoms with van der Waals surface area (Å²) in [6, 6.07) is 4.14. The predicted octanol–water partition coefficient (Wildman–Crippen LogP) is 1.66. The number of likely N-dealkylation sites (tertiary alicyclic amines) is 1. The van der Waals surface area contributed by atoms with Crippen LogP contribution in [0.4, 0.5) is 14.9 Å². The van der Waals surface area contributed by atoms with Crippen LogP contribution in [0.25, 0.3) is 0 Å². The van der Waals surface area contributed by atoms with Gasteiger partial charge in [0.25, 0.3) is 5.91 Å². The van der Waals surface area contributed by atoms with Gasteiger partial charge in [0.15, 0.2) is 0 Å². The Kier molecular flexibility index (Phi) is 4.80. The lowest BCUT2D eigenvalue weighted by Gasteiger charge is -2.23. The number of hydrogen-bond donors (Lipinski definition) is 2. The van der Waals surface area contributed by atoms with Gasteiger partial charge in [-0.3, -0.25) is 9.69 Å². The third-order valence-corrected chi connectivity index (χ3v) is 4.50. The first-order chi connectivity index (χ1) is 11.6. The van der Waals surface area contributed by atoms with E-state index < -0.39 is 11.7 Å².